The molecule has 5 nitrogen and oxygen atoms in total. The molecule has 20 heavy (non-hydrogen) atoms. The molecule has 106 valence electrons. The number of aliphatic carboxylic acids is 1. The zero-order valence-corrected chi connectivity index (χ0v) is 12.8. The standard InChI is InChI=1S/C14H15BrN2O3/c1-17-6-5-16-14(17)11(8-13(18)19)10-7-9(15)3-4-12(10)20-2/h3-7,11H,8H2,1-2H3,(H,18,19). The Labute approximate surface area is 125 Å². The molecule has 2 aromatic rings. The van der Waals surface area contributed by atoms with Gasteiger partial charge in [0.2, 0.25) is 0 Å². The average molecular weight is 339 g/mol. The van der Waals surface area contributed by atoms with Gasteiger partial charge in [-0.2, -0.15) is 0 Å². The van der Waals surface area contributed by atoms with Crippen LogP contribution in [0.15, 0.2) is 35.1 Å². The van der Waals surface area contributed by atoms with Crippen molar-refractivity contribution in [2.75, 3.05) is 7.11 Å². The molecule has 1 atom stereocenters. The lowest BCUT2D eigenvalue weighted by molar-refractivity contribution is -0.137. The predicted molar refractivity (Wildman–Crippen MR) is 78.0 cm³/mol. The van der Waals surface area contributed by atoms with Crippen LogP contribution in [0, 0.1) is 0 Å². The quantitative estimate of drug-likeness (QED) is 0.910. The first-order valence-corrected chi connectivity index (χ1v) is 6.84. The van der Waals surface area contributed by atoms with Gasteiger partial charge in [-0.25, -0.2) is 4.98 Å². The summed E-state index contributed by atoms with van der Waals surface area (Å²) in [6.07, 6.45) is 3.42. The number of methoxy groups -OCH3 is 1. The van der Waals surface area contributed by atoms with E-state index in [0.29, 0.717) is 11.6 Å². The molecule has 0 saturated carbocycles. The monoisotopic (exact) mass is 338 g/mol. The third-order valence-corrected chi connectivity index (χ3v) is 3.61. The molecule has 0 amide bonds. The topological polar surface area (TPSA) is 64.3 Å². The summed E-state index contributed by atoms with van der Waals surface area (Å²) in [4.78, 5) is 15.5. The van der Waals surface area contributed by atoms with Crippen molar-refractivity contribution in [2.45, 2.75) is 12.3 Å². The Morgan fingerprint density at radius 2 is 2.30 bits per heavy atom. The summed E-state index contributed by atoms with van der Waals surface area (Å²) in [6, 6.07) is 5.55. The van der Waals surface area contributed by atoms with E-state index in [1.54, 1.807) is 19.5 Å². The van der Waals surface area contributed by atoms with E-state index >= 15 is 0 Å². The first kappa shape index (κ1) is 14.6. The molecule has 0 radical (unpaired) electrons. The van der Waals surface area contributed by atoms with Crippen molar-refractivity contribution in [1.82, 2.24) is 9.55 Å². The SMILES string of the molecule is COc1ccc(Br)cc1C(CC(=O)O)c1nccn1C. The van der Waals surface area contributed by atoms with Crippen LogP contribution in [0.25, 0.3) is 0 Å². The van der Waals surface area contributed by atoms with Crippen LogP contribution in [0.3, 0.4) is 0 Å². The summed E-state index contributed by atoms with van der Waals surface area (Å²) in [5.74, 6) is 0.117. The van der Waals surface area contributed by atoms with E-state index in [4.69, 9.17) is 4.74 Å². The lowest BCUT2D eigenvalue weighted by Crippen LogP contribution is -2.13. The molecule has 1 heterocycles. The fourth-order valence-electron chi connectivity index (χ4n) is 2.21. The van der Waals surface area contributed by atoms with Gasteiger partial charge in [0, 0.05) is 29.5 Å². The van der Waals surface area contributed by atoms with Crippen LogP contribution in [0.5, 0.6) is 5.75 Å². The highest BCUT2D eigenvalue weighted by Crippen LogP contribution is 2.35. The maximum Gasteiger partial charge on any atom is 0.304 e. The Balaban J connectivity index is 2.54. The van der Waals surface area contributed by atoms with Gasteiger partial charge in [0.25, 0.3) is 0 Å². The molecule has 0 aliphatic carbocycles. The highest BCUT2D eigenvalue weighted by Gasteiger charge is 2.25. The second kappa shape index (κ2) is 6.09. The average Bonchev–Trinajstić information content (AvgIpc) is 2.82. The molecule has 1 aromatic heterocycles. The molecule has 0 fully saturated rings. The van der Waals surface area contributed by atoms with E-state index in [-0.39, 0.29) is 12.3 Å². The molecule has 0 saturated heterocycles. The number of benzene rings is 1. The largest absolute Gasteiger partial charge is 0.496 e. The number of nitrogens with zero attached hydrogens (tertiary/aromatic N) is 2. The summed E-state index contributed by atoms with van der Waals surface area (Å²) in [6.45, 7) is 0. The molecule has 0 spiro atoms. The van der Waals surface area contributed by atoms with Gasteiger partial charge in [-0.15, -0.1) is 0 Å². The van der Waals surface area contributed by atoms with Crippen molar-refractivity contribution < 1.29 is 14.6 Å². The van der Waals surface area contributed by atoms with Crippen LogP contribution in [0.1, 0.15) is 23.7 Å². The molecule has 1 aromatic carbocycles. The summed E-state index contributed by atoms with van der Waals surface area (Å²) in [5, 5.41) is 9.18. The first-order chi connectivity index (χ1) is 9.52. The first-order valence-electron chi connectivity index (χ1n) is 6.05. The number of carboxylic acids is 1. The van der Waals surface area contributed by atoms with Crippen molar-refractivity contribution in [3.8, 4) is 5.75 Å². The van der Waals surface area contributed by atoms with Crippen LogP contribution in [0.4, 0.5) is 0 Å². The summed E-state index contributed by atoms with van der Waals surface area (Å²) in [7, 11) is 3.42. The Kier molecular flexibility index (Phi) is 4.44. The van der Waals surface area contributed by atoms with E-state index in [1.807, 2.05) is 29.8 Å². The minimum absolute atomic E-state index is 0.0440. The van der Waals surface area contributed by atoms with Gasteiger partial charge in [-0.3, -0.25) is 4.79 Å². The molecule has 0 aliphatic heterocycles. The van der Waals surface area contributed by atoms with Gasteiger partial charge < -0.3 is 14.4 Å². The Bertz CT molecular complexity index is 625. The smallest absolute Gasteiger partial charge is 0.304 e. The molecular formula is C14H15BrN2O3. The number of halogens is 1. The van der Waals surface area contributed by atoms with Crippen LogP contribution in [0.2, 0.25) is 0 Å². The number of carboxylic acid groups (broad SMARTS) is 1. The van der Waals surface area contributed by atoms with Gasteiger partial charge in [0.05, 0.1) is 19.4 Å². The number of hydrogen-bond donors (Lipinski definition) is 1. The van der Waals surface area contributed by atoms with E-state index in [2.05, 4.69) is 20.9 Å². The molecule has 0 aliphatic rings. The number of ether oxygens (including phenoxy) is 1. The molecule has 1 unspecified atom stereocenters. The highest BCUT2D eigenvalue weighted by atomic mass is 79.9. The fourth-order valence-corrected chi connectivity index (χ4v) is 2.58. The number of rotatable bonds is 5. The number of aryl methyl sites for hydroxylation is 1. The summed E-state index contributed by atoms with van der Waals surface area (Å²) in [5.41, 5.74) is 0.804. The fraction of sp³-hybridized carbons (Fsp3) is 0.286. The van der Waals surface area contributed by atoms with E-state index in [1.165, 1.54) is 0 Å². The maximum atomic E-state index is 11.2. The second-order valence-corrected chi connectivity index (χ2v) is 5.35. The Hall–Kier alpha value is -1.82. The van der Waals surface area contributed by atoms with Gasteiger partial charge in [0.1, 0.15) is 11.6 Å². The van der Waals surface area contributed by atoms with Crippen LogP contribution in [-0.4, -0.2) is 27.7 Å². The number of aromatic nitrogens is 2. The minimum Gasteiger partial charge on any atom is -0.496 e. The van der Waals surface area contributed by atoms with E-state index < -0.39 is 5.97 Å². The zero-order valence-electron chi connectivity index (χ0n) is 11.2. The molecule has 6 heteroatoms. The van der Waals surface area contributed by atoms with Crippen molar-refractivity contribution in [1.29, 1.82) is 0 Å². The lowest BCUT2D eigenvalue weighted by Gasteiger charge is -2.18. The third kappa shape index (κ3) is 3.01. The van der Waals surface area contributed by atoms with Crippen LogP contribution < -0.4 is 4.74 Å². The normalized spacial score (nSPS) is 12.2. The van der Waals surface area contributed by atoms with Crippen molar-refractivity contribution in [3.63, 3.8) is 0 Å². The molecule has 0 bridgehead atoms. The lowest BCUT2D eigenvalue weighted by atomic mass is 9.94. The Morgan fingerprint density at radius 3 is 2.85 bits per heavy atom. The minimum atomic E-state index is -0.875. The molecule has 1 N–H and O–H groups in total. The van der Waals surface area contributed by atoms with Crippen molar-refractivity contribution in [3.05, 3.63) is 46.5 Å². The number of hydrogen-bond acceptors (Lipinski definition) is 3. The van der Waals surface area contributed by atoms with Gasteiger partial charge in [0.15, 0.2) is 0 Å². The number of carbonyl (C=O) groups is 1. The second-order valence-electron chi connectivity index (χ2n) is 4.43. The summed E-state index contributed by atoms with van der Waals surface area (Å²) < 4.78 is 8.05. The van der Waals surface area contributed by atoms with Crippen molar-refractivity contribution in [2.24, 2.45) is 7.05 Å². The van der Waals surface area contributed by atoms with Crippen molar-refractivity contribution >= 4 is 21.9 Å². The molecular weight excluding hydrogens is 324 g/mol. The van der Waals surface area contributed by atoms with Crippen LogP contribution >= 0.6 is 15.9 Å². The molecule has 2 rings (SSSR count). The number of imidazole rings is 1. The highest BCUT2D eigenvalue weighted by molar-refractivity contribution is 9.10. The zero-order chi connectivity index (χ0) is 14.7. The van der Waals surface area contributed by atoms with Gasteiger partial charge >= 0.3 is 5.97 Å². The maximum absolute atomic E-state index is 11.2. The van der Waals surface area contributed by atoms with Gasteiger partial charge in [-0.05, 0) is 18.2 Å². The van der Waals surface area contributed by atoms with Gasteiger partial charge in [-0.1, -0.05) is 15.9 Å². The predicted octanol–water partition coefficient (Wildman–Crippen LogP) is 2.80. The van der Waals surface area contributed by atoms with Crippen LogP contribution in [-0.2, 0) is 11.8 Å². The van der Waals surface area contributed by atoms with E-state index in [9.17, 15) is 9.90 Å². The summed E-state index contributed by atoms with van der Waals surface area (Å²) >= 11 is 3.41. The Morgan fingerprint density at radius 1 is 1.55 bits per heavy atom. The van der Waals surface area contributed by atoms with E-state index in [0.717, 1.165) is 10.0 Å². The third-order valence-electron chi connectivity index (χ3n) is 3.12.